The summed E-state index contributed by atoms with van der Waals surface area (Å²) in [6.45, 7) is 3.12. The van der Waals surface area contributed by atoms with Gasteiger partial charge in [-0.05, 0) is 12.1 Å². The molecule has 1 aromatic rings. The third kappa shape index (κ3) is 1.35. The Balaban J connectivity index is 2.98. The zero-order valence-corrected chi connectivity index (χ0v) is 4.84. The number of hydrogen-bond donors (Lipinski definition) is 0. The lowest BCUT2D eigenvalue weighted by atomic mass is 10.3. The summed E-state index contributed by atoms with van der Waals surface area (Å²) in [5.74, 6) is -0.442. The maximum atomic E-state index is 12.2. The van der Waals surface area contributed by atoms with Crippen molar-refractivity contribution in [3.63, 3.8) is 0 Å². The molecule has 0 aliphatic rings. The largest absolute Gasteiger partial charge is 0.264 e. The van der Waals surface area contributed by atoms with E-state index >= 15 is 0 Å². The van der Waals surface area contributed by atoms with Crippen LogP contribution in [0.3, 0.4) is 0 Å². The Bertz CT molecular complexity index is 205. The van der Waals surface area contributed by atoms with Gasteiger partial charge in [-0.25, -0.2) is 4.39 Å². The van der Waals surface area contributed by atoms with Crippen molar-refractivity contribution in [3.8, 4) is 0 Å². The average molecular weight is 123 g/mol. The van der Waals surface area contributed by atoms with Crippen molar-refractivity contribution in [2.75, 3.05) is 0 Å². The number of rotatable bonds is 1. The van der Waals surface area contributed by atoms with Gasteiger partial charge in [-0.1, -0.05) is 6.58 Å². The van der Waals surface area contributed by atoms with Gasteiger partial charge >= 0.3 is 0 Å². The highest BCUT2D eigenvalue weighted by Crippen LogP contribution is 2.09. The molecule has 0 aliphatic carbocycles. The minimum absolute atomic E-state index is 0.442. The topological polar surface area (TPSA) is 12.9 Å². The number of aromatic nitrogens is 1. The predicted octanol–water partition coefficient (Wildman–Crippen LogP) is 2.02. The molecule has 0 saturated heterocycles. The molecule has 1 aromatic heterocycles. The second-order valence-electron chi connectivity index (χ2n) is 1.65. The van der Waals surface area contributed by atoms with E-state index in [4.69, 9.17) is 0 Å². The van der Waals surface area contributed by atoms with Crippen LogP contribution in [-0.2, 0) is 0 Å². The Morgan fingerprint density at radius 3 is 2.78 bits per heavy atom. The maximum Gasteiger partial charge on any atom is 0.124 e. The third-order valence-corrected chi connectivity index (χ3v) is 0.975. The highest BCUT2D eigenvalue weighted by atomic mass is 19.1. The SMILES string of the molecule is C=C(F)c1cccnc1. The number of hydrogen-bond acceptors (Lipinski definition) is 1. The molecule has 2 heteroatoms. The van der Waals surface area contributed by atoms with Gasteiger partial charge < -0.3 is 0 Å². The quantitative estimate of drug-likeness (QED) is 0.556. The van der Waals surface area contributed by atoms with Crippen LogP contribution in [0.4, 0.5) is 4.39 Å². The van der Waals surface area contributed by atoms with Gasteiger partial charge in [0.25, 0.3) is 0 Å². The Hall–Kier alpha value is -1.18. The second-order valence-corrected chi connectivity index (χ2v) is 1.65. The van der Waals surface area contributed by atoms with Crippen molar-refractivity contribution in [1.29, 1.82) is 0 Å². The lowest BCUT2D eigenvalue weighted by Gasteiger charge is -1.90. The smallest absolute Gasteiger partial charge is 0.124 e. The molecule has 0 aromatic carbocycles. The van der Waals surface area contributed by atoms with E-state index in [1.807, 2.05) is 0 Å². The fourth-order valence-corrected chi connectivity index (χ4v) is 0.523. The molecule has 0 radical (unpaired) electrons. The van der Waals surface area contributed by atoms with Crippen molar-refractivity contribution in [2.45, 2.75) is 0 Å². The van der Waals surface area contributed by atoms with E-state index in [1.54, 1.807) is 18.3 Å². The highest BCUT2D eigenvalue weighted by Gasteiger charge is 1.91. The number of nitrogens with zero attached hydrogens (tertiary/aromatic N) is 1. The molecule has 9 heavy (non-hydrogen) atoms. The summed E-state index contributed by atoms with van der Waals surface area (Å²) in [6, 6.07) is 3.29. The summed E-state index contributed by atoms with van der Waals surface area (Å²) in [6.07, 6.45) is 3.02. The van der Waals surface area contributed by atoms with Gasteiger partial charge in [-0.15, -0.1) is 0 Å². The van der Waals surface area contributed by atoms with E-state index in [0.717, 1.165) is 0 Å². The molecule has 0 amide bonds. The van der Waals surface area contributed by atoms with Crippen LogP contribution in [0, 0.1) is 0 Å². The van der Waals surface area contributed by atoms with Gasteiger partial charge in [0.15, 0.2) is 0 Å². The standard InChI is InChI=1S/C7H6FN/c1-6(8)7-3-2-4-9-5-7/h2-5H,1H2. The van der Waals surface area contributed by atoms with Gasteiger partial charge in [0, 0.05) is 18.0 Å². The van der Waals surface area contributed by atoms with Crippen LogP contribution in [0.2, 0.25) is 0 Å². The molecule has 46 valence electrons. The molecule has 0 fully saturated rings. The summed E-state index contributed by atoms with van der Waals surface area (Å²) in [4.78, 5) is 3.71. The third-order valence-electron chi connectivity index (χ3n) is 0.975. The molecule has 0 saturated carbocycles. The first kappa shape index (κ1) is 5.95. The molecular weight excluding hydrogens is 117 g/mol. The normalized spacial score (nSPS) is 9.00. The molecule has 0 atom stereocenters. The predicted molar refractivity (Wildman–Crippen MR) is 34.4 cm³/mol. The van der Waals surface area contributed by atoms with Gasteiger partial charge in [0.05, 0.1) is 0 Å². The van der Waals surface area contributed by atoms with Crippen molar-refractivity contribution in [3.05, 3.63) is 36.7 Å². The molecular formula is C7H6FN. The van der Waals surface area contributed by atoms with Crippen molar-refractivity contribution < 1.29 is 4.39 Å². The molecule has 0 N–H and O–H groups in total. The Morgan fingerprint density at radius 2 is 2.44 bits per heavy atom. The average Bonchev–Trinajstić information content (AvgIpc) is 1.90. The van der Waals surface area contributed by atoms with Crippen molar-refractivity contribution in [2.24, 2.45) is 0 Å². The maximum absolute atomic E-state index is 12.2. The fraction of sp³-hybridized carbons (Fsp3) is 0. The van der Waals surface area contributed by atoms with E-state index in [2.05, 4.69) is 11.6 Å². The Labute approximate surface area is 52.9 Å². The number of pyridine rings is 1. The first-order chi connectivity index (χ1) is 4.30. The molecule has 0 aliphatic heterocycles. The zero-order chi connectivity index (χ0) is 6.69. The van der Waals surface area contributed by atoms with Gasteiger partial charge in [-0.2, -0.15) is 0 Å². The van der Waals surface area contributed by atoms with E-state index in [-0.39, 0.29) is 0 Å². The molecule has 0 unspecified atom stereocenters. The molecule has 1 heterocycles. The van der Waals surface area contributed by atoms with E-state index in [9.17, 15) is 4.39 Å². The second kappa shape index (κ2) is 2.40. The minimum Gasteiger partial charge on any atom is -0.264 e. The lowest BCUT2D eigenvalue weighted by Crippen LogP contribution is -1.75. The van der Waals surface area contributed by atoms with Crippen LogP contribution in [0.1, 0.15) is 5.56 Å². The summed E-state index contributed by atoms with van der Waals surface area (Å²) in [7, 11) is 0. The van der Waals surface area contributed by atoms with Gasteiger partial charge in [-0.3, -0.25) is 4.98 Å². The van der Waals surface area contributed by atoms with Gasteiger partial charge in [0.1, 0.15) is 5.83 Å². The summed E-state index contributed by atoms with van der Waals surface area (Å²) in [5, 5.41) is 0. The summed E-state index contributed by atoms with van der Waals surface area (Å²) >= 11 is 0. The van der Waals surface area contributed by atoms with Crippen LogP contribution < -0.4 is 0 Å². The van der Waals surface area contributed by atoms with Crippen LogP contribution >= 0.6 is 0 Å². The Morgan fingerprint density at radius 1 is 1.67 bits per heavy atom. The van der Waals surface area contributed by atoms with Crippen molar-refractivity contribution >= 4 is 5.83 Å². The number of halogens is 1. The zero-order valence-electron chi connectivity index (χ0n) is 4.84. The summed E-state index contributed by atoms with van der Waals surface area (Å²) in [5.41, 5.74) is 0.442. The molecule has 1 rings (SSSR count). The fourth-order valence-electron chi connectivity index (χ4n) is 0.523. The minimum atomic E-state index is -0.442. The van der Waals surface area contributed by atoms with Crippen molar-refractivity contribution in [1.82, 2.24) is 4.98 Å². The monoisotopic (exact) mass is 123 g/mol. The van der Waals surface area contributed by atoms with E-state index in [0.29, 0.717) is 5.56 Å². The highest BCUT2D eigenvalue weighted by molar-refractivity contribution is 5.54. The Kier molecular flexibility index (Phi) is 1.58. The van der Waals surface area contributed by atoms with Gasteiger partial charge in [0.2, 0.25) is 0 Å². The van der Waals surface area contributed by atoms with Crippen LogP contribution in [0.25, 0.3) is 5.83 Å². The first-order valence-corrected chi connectivity index (χ1v) is 2.55. The van der Waals surface area contributed by atoms with Crippen LogP contribution in [0.15, 0.2) is 31.1 Å². The molecule has 1 nitrogen and oxygen atoms in total. The van der Waals surface area contributed by atoms with E-state index in [1.165, 1.54) is 6.20 Å². The van der Waals surface area contributed by atoms with E-state index < -0.39 is 5.83 Å². The lowest BCUT2D eigenvalue weighted by molar-refractivity contribution is 0.762. The van der Waals surface area contributed by atoms with Crippen LogP contribution in [0.5, 0.6) is 0 Å². The molecule has 0 bridgehead atoms. The first-order valence-electron chi connectivity index (χ1n) is 2.55. The van der Waals surface area contributed by atoms with Crippen LogP contribution in [-0.4, -0.2) is 4.98 Å². The molecule has 0 spiro atoms. The summed E-state index contributed by atoms with van der Waals surface area (Å²) < 4.78 is 12.2.